The summed E-state index contributed by atoms with van der Waals surface area (Å²) in [5, 5.41) is 0. The summed E-state index contributed by atoms with van der Waals surface area (Å²) in [5.74, 6) is 1.66. The fraction of sp³-hybridized carbons (Fsp3) is 0.684. The molecule has 1 aromatic carbocycles. The first-order chi connectivity index (χ1) is 10.9. The molecule has 22 heavy (non-hydrogen) atoms. The Balaban J connectivity index is 0. The van der Waals surface area contributed by atoms with Crippen molar-refractivity contribution >= 4 is 0 Å². The van der Waals surface area contributed by atoms with Crippen LogP contribution in [0.5, 0.6) is 11.5 Å². The van der Waals surface area contributed by atoms with Crippen LogP contribution in [0, 0.1) is 0 Å². The van der Waals surface area contributed by atoms with Crippen LogP contribution in [0.1, 0.15) is 67.7 Å². The van der Waals surface area contributed by atoms with Gasteiger partial charge in [0.25, 0.3) is 0 Å². The zero-order valence-corrected chi connectivity index (χ0v) is 15.6. The predicted octanol–water partition coefficient (Wildman–Crippen LogP) is 6.07. The number of hydrogen-bond acceptors (Lipinski definition) is 3. The van der Waals surface area contributed by atoms with Crippen molar-refractivity contribution in [3.05, 3.63) is 24.3 Å². The molecule has 1 unspecified atom stereocenters. The van der Waals surface area contributed by atoms with E-state index in [0.717, 1.165) is 30.9 Å². The van der Waals surface area contributed by atoms with Crippen molar-refractivity contribution in [1.82, 2.24) is 0 Å². The minimum Gasteiger partial charge on any atom is -0.494 e. The van der Waals surface area contributed by atoms with Gasteiger partial charge in [0.15, 0.2) is 6.29 Å². The van der Waals surface area contributed by atoms with Crippen LogP contribution >= 0.6 is 0 Å². The fourth-order valence-electron chi connectivity index (χ4n) is 1.76. The van der Waals surface area contributed by atoms with Crippen molar-refractivity contribution in [3.8, 4) is 11.5 Å². The summed E-state index contributed by atoms with van der Waals surface area (Å²) in [6, 6.07) is 7.70. The van der Waals surface area contributed by atoms with Crippen molar-refractivity contribution in [2.75, 3.05) is 13.2 Å². The van der Waals surface area contributed by atoms with Gasteiger partial charge in [-0.05, 0) is 31.9 Å². The van der Waals surface area contributed by atoms with Gasteiger partial charge in [0.1, 0.15) is 11.5 Å². The molecule has 1 saturated heterocycles. The van der Waals surface area contributed by atoms with E-state index in [1.807, 2.05) is 72.7 Å². The van der Waals surface area contributed by atoms with Gasteiger partial charge in [-0.3, -0.25) is 0 Å². The highest BCUT2D eigenvalue weighted by molar-refractivity contribution is 5.32. The van der Waals surface area contributed by atoms with Gasteiger partial charge in [-0.15, -0.1) is 0 Å². The van der Waals surface area contributed by atoms with Crippen LogP contribution in [-0.4, -0.2) is 19.5 Å². The Morgan fingerprint density at radius 2 is 1.64 bits per heavy atom. The Hall–Kier alpha value is -1.22. The lowest BCUT2D eigenvalue weighted by Crippen LogP contribution is -2.24. The van der Waals surface area contributed by atoms with Crippen LogP contribution in [0.15, 0.2) is 24.3 Å². The zero-order valence-electron chi connectivity index (χ0n) is 15.6. The Kier molecular flexibility index (Phi) is 18.7. The minimum absolute atomic E-state index is 0.0920. The van der Waals surface area contributed by atoms with Crippen LogP contribution in [0.3, 0.4) is 0 Å². The molecule has 0 amide bonds. The molecule has 2 rings (SSSR count). The maximum absolute atomic E-state index is 5.74. The van der Waals surface area contributed by atoms with E-state index >= 15 is 0 Å². The summed E-state index contributed by atoms with van der Waals surface area (Å²) < 4.78 is 16.7. The summed E-state index contributed by atoms with van der Waals surface area (Å²) >= 11 is 0. The van der Waals surface area contributed by atoms with Gasteiger partial charge in [-0.2, -0.15) is 0 Å². The van der Waals surface area contributed by atoms with E-state index in [-0.39, 0.29) is 6.29 Å². The molecule has 1 atom stereocenters. The highest BCUT2D eigenvalue weighted by atomic mass is 16.7. The lowest BCUT2D eigenvalue weighted by atomic mass is 10.2. The maximum atomic E-state index is 5.74. The highest BCUT2D eigenvalue weighted by Gasteiger charge is 2.15. The second-order valence-electron chi connectivity index (χ2n) is 3.82. The molecular weight excluding hydrogens is 276 g/mol. The van der Waals surface area contributed by atoms with Crippen LogP contribution in [0.4, 0.5) is 0 Å². The van der Waals surface area contributed by atoms with Gasteiger partial charge in [-0.1, -0.05) is 47.6 Å². The molecule has 1 heterocycles. The van der Waals surface area contributed by atoms with Gasteiger partial charge in [0.05, 0.1) is 13.2 Å². The molecule has 1 aliphatic rings. The van der Waals surface area contributed by atoms with Gasteiger partial charge in [0, 0.05) is 12.5 Å². The van der Waals surface area contributed by atoms with Crippen LogP contribution in [-0.2, 0) is 4.74 Å². The molecule has 3 nitrogen and oxygen atoms in total. The highest BCUT2D eigenvalue weighted by Crippen LogP contribution is 2.23. The second kappa shape index (κ2) is 17.8. The zero-order chi connectivity index (χ0) is 17.2. The van der Waals surface area contributed by atoms with E-state index in [0.29, 0.717) is 6.61 Å². The SMILES string of the molecule is CC.CC.CC.CCOc1cccc(OC2CCCCO2)c1. The normalized spacial score (nSPS) is 15.7. The van der Waals surface area contributed by atoms with Gasteiger partial charge < -0.3 is 14.2 Å². The summed E-state index contributed by atoms with van der Waals surface area (Å²) in [6.45, 7) is 15.4. The number of benzene rings is 1. The van der Waals surface area contributed by atoms with Crippen molar-refractivity contribution in [3.63, 3.8) is 0 Å². The first-order valence-electron chi connectivity index (χ1n) is 8.89. The standard InChI is InChI=1S/C13H18O3.3C2H6/c1-2-14-11-6-5-7-12(10-11)16-13-8-3-4-9-15-13;3*1-2/h5-7,10,13H,2-4,8-9H2,1H3;3*1-2H3. The molecular formula is C19H36O3. The lowest BCUT2D eigenvalue weighted by Gasteiger charge is -2.23. The summed E-state index contributed by atoms with van der Waals surface area (Å²) in [6.07, 6.45) is 3.19. The molecule has 130 valence electrons. The van der Waals surface area contributed by atoms with Gasteiger partial charge in [0.2, 0.25) is 0 Å². The van der Waals surface area contributed by atoms with E-state index in [1.54, 1.807) is 0 Å². The average Bonchev–Trinajstić information content (AvgIpc) is 2.62. The van der Waals surface area contributed by atoms with E-state index in [9.17, 15) is 0 Å². The van der Waals surface area contributed by atoms with Crippen LogP contribution in [0.2, 0.25) is 0 Å². The topological polar surface area (TPSA) is 27.7 Å². The van der Waals surface area contributed by atoms with E-state index in [1.165, 1.54) is 6.42 Å². The number of hydrogen-bond donors (Lipinski definition) is 0. The van der Waals surface area contributed by atoms with Gasteiger partial charge in [-0.25, -0.2) is 0 Å². The number of ether oxygens (including phenoxy) is 3. The fourth-order valence-corrected chi connectivity index (χ4v) is 1.76. The summed E-state index contributed by atoms with van der Waals surface area (Å²) in [7, 11) is 0. The third-order valence-corrected chi connectivity index (χ3v) is 2.52. The largest absolute Gasteiger partial charge is 0.494 e. The third-order valence-electron chi connectivity index (χ3n) is 2.52. The molecule has 0 saturated carbocycles. The van der Waals surface area contributed by atoms with Crippen molar-refractivity contribution in [2.45, 2.75) is 74.0 Å². The molecule has 1 fully saturated rings. The Morgan fingerprint density at radius 3 is 2.18 bits per heavy atom. The third kappa shape index (κ3) is 10.5. The quantitative estimate of drug-likeness (QED) is 0.675. The van der Waals surface area contributed by atoms with E-state index < -0.39 is 0 Å². The Morgan fingerprint density at radius 1 is 1.00 bits per heavy atom. The monoisotopic (exact) mass is 312 g/mol. The van der Waals surface area contributed by atoms with Crippen molar-refractivity contribution in [2.24, 2.45) is 0 Å². The van der Waals surface area contributed by atoms with Crippen LogP contribution < -0.4 is 9.47 Å². The molecule has 0 spiro atoms. The van der Waals surface area contributed by atoms with Crippen molar-refractivity contribution in [1.29, 1.82) is 0 Å². The minimum atomic E-state index is -0.0920. The van der Waals surface area contributed by atoms with Crippen molar-refractivity contribution < 1.29 is 14.2 Å². The van der Waals surface area contributed by atoms with E-state index in [4.69, 9.17) is 14.2 Å². The molecule has 0 aliphatic carbocycles. The lowest BCUT2D eigenvalue weighted by molar-refractivity contribution is -0.105. The van der Waals surface area contributed by atoms with Crippen LogP contribution in [0.25, 0.3) is 0 Å². The predicted molar refractivity (Wildman–Crippen MR) is 95.9 cm³/mol. The number of rotatable bonds is 4. The molecule has 0 N–H and O–H groups in total. The molecule has 3 heteroatoms. The van der Waals surface area contributed by atoms with E-state index in [2.05, 4.69) is 0 Å². The Bertz CT molecular complexity index is 320. The maximum Gasteiger partial charge on any atom is 0.199 e. The summed E-state index contributed by atoms with van der Waals surface area (Å²) in [5.41, 5.74) is 0. The smallest absolute Gasteiger partial charge is 0.199 e. The first kappa shape index (κ1) is 23.1. The average molecular weight is 312 g/mol. The second-order valence-corrected chi connectivity index (χ2v) is 3.82. The molecule has 0 aromatic heterocycles. The Labute approximate surface area is 138 Å². The van der Waals surface area contributed by atoms with Gasteiger partial charge >= 0.3 is 0 Å². The molecule has 0 radical (unpaired) electrons. The molecule has 1 aliphatic heterocycles. The molecule has 0 bridgehead atoms. The molecule has 1 aromatic rings. The first-order valence-corrected chi connectivity index (χ1v) is 8.89. The summed E-state index contributed by atoms with van der Waals surface area (Å²) in [4.78, 5) is 0.